The van der Waals surface area contributed by atoms with Crippen LogP contribution in [0.4, 0.5) is 0 Å². The highest BCUT2D eigenvalue weighted by atomic mass is 35.5. The number of aliphatic hydroxyl groups excluding tert-OH is 1. The Labute approximate surface area is 123 Å². The molecule has 0 fully saturated rings. The van der Waals surface area contributed by atoms with E-state index >= 15 is 0 Å². The average Bonchev–Trinajstić information content (AvgIpc) is 2.94. The van der Waals surface area contributed by atoms with Gasteiger partial charge in [0.05, 0.1) is 6.54 Å². The van der Waals surface area contributed by atoms with Crippen molar-refractivity contribution in [3.8, 4) is 0 Å². The molecule has 21 heavy (non-hydrogen) atoms. The van der Waals surface area contributed by atoms with E-state index in [0.29, 0.717) is 10.6 Å². The highest BCUT2D eigenvalue weighted by Crippen LogP contribution is 2.16. The van der Waals surface area contributed by atoms with Crippen molar-refractivity contribution >= 4 is 23.4 Å². The standard InChI is InChI=1S/C12H11ClN4O4/c13-7-3-1-6(2-4-7)9(18)11(20)15-5-8-16-12(10(14)19)21-17-8/h1-4,9,18H,5H2,(H2,14,19)(H,15,20)/t9-/m1/s1. The Hall–Kier alpha value is -2.45. The predicted molar refractivity (Wildman–Crippen MR) is 71.1 cm³/mol. The summed E-state index contributed by atoms with van der Waals surface area (Å²) in [6, 6.07) is 6.19. The number of rotatable bonds is 5. The quantitative estimate of drug-likeness (QED) is 0.721. The third-order valence-corrected chi connectivity index (χ3v) is 2.79. The molecule has 9 heteroatoms. The first-order valence-electron chi connectivity index (χ1n) is 5.81. The lowest BCUT2D eigenvalue weighted by Crippen LogP contribution is -2.29. The fourth-order valence-corrected chi connectivity index (χ4v) is 1.61. The minimum Gasteiger partial charge on any atom is -0.378 e. The molecule has 2 aromatic rings. The summed E-state index contributed by atoms with van der Waals surface area (Å²) in [4.78, 5) is 26.2. The van der Waals surface area contributed by atoms with Crippen LogP contribution < -0.4 is 11.1 Å². The Morgan fingerprint density at radius 1 is 1.38 bits per heavy atom. The number of aromatic nitrogens is 2. The van der Waals surface area contributed by atoms with Crippen molar-refractivity contribution in [3.63, 3.8) is 0 Å². The van der Waals surface area contributed by atoms with Crippen LogP contribution in [0.3, 0.4) is 0 Å². The maximum Gasteiger partial charge on any atom is 0.315 e. The Balaban J connectivity index is 1.94. The van der Waals surface area contributed by atoms with Gasteiger partial charge in [-0.05, 0) is 17.7 Å². The summed E-state index contributed by atoms with van der Waals surface area (Å²) in [7, 11) is 0. The molecule has 0 aliphatic carbocycles. The largest absolute Gasteiger partial charge is 0.378 e. The number of hydrogen-bond acceptors (Lipinski definition) is 6. The zero-order valence-corrected chi connectivity index (χ0v) is 11.4. The van der Waals surface area contributed by atoms with Crippen LogP contribution in [0.1, 0.15) is 28.2 Å². The van der Waals surface area contributed by atoms with Gasteiger partial charge in [-0.15, -0.1) is 0 Å². The number of primary amides is 1. The minimum atomic E-state index is -1.36. The summed E-state index contributed by atoms with van der Waals surface area (Å²) in [5.74, 6) is -1.79. The van der Waals surface area contributed by atoms with E-state index in [0.717, 1.165) is 0 Å². The van der Waals surface area contributed by atoms with Crippen LogP contribution >= 0.6 is 11.6 Å². The van der Waals surface area contributed by atoms with Gasteiger partial charge >= 0.3 is 11.8 Å². The fourth-order valence-electron chi connectivity index (χ4n) is 1.49. The minimum absolute atomic E-state index is 0.0699. The van der Waals surface area contributed by atoms with Gasteiger partial charge in [0.15, 0.2) is 11.9 Å². The summed E-state index contributed by atoms with van der Waals surface area (Å²) in [5.41, 5.74) is 5.34. The second-order valence-corrected chi connectivity index (χ2v) is 4.49. The number of hydrogen-bond donors (Lipinski definition) is 3. The first-order chi connectivity index (χ1) is 9.97. The molecule has 2 rings (SSSR count). The van der Waals surface area contributed by atoms with Crippen molar-refractivity contribution in [2.24, 2.45) is 5.73 Å². The summed E-state index contributed by atoms with van der Waals surface area (Å²) < 4.78 is 4.55. The van der Waals surface area contributed by atoms with Crippen molar-refractivity contribution in [3.05, 3.63) is 46.6 Å². The van der Waals surface area contributed by atoms with E-state index in [-0.39, 0.29) is 18.3 Å². The van der Waals surface area contributed by atoms with Crippen molar-refractivity contribution in [2.75, 3.05) is 0 Å². The summed E-state index contributed by atoms with van der Waals surface area (Å²) in [6.45, 7) is -0.111. The number of nitrogens with zero attached hydrogens (tertiary/aromatic N) is 2. The number of amides is 2. The van der Waals surface area contributed by atoms with Gasteiger partial charge in [0.25, 0.3) is 5.91 Å². The van der Waals surface area contributed by atoms with E-state index in [1.54, 1.807) is 12.1 Å². The SMILES string of the molecule is NC(=O)c1nc(CNC(=O)[C@H](O)c2ccc(Cl)cc2)no1. The van der Waals surface area contributed by atoms with Gasteiger partial charge in [-0.25, -0.2) is 0 Å². The molecular formula is C12H11ClN4O4. The molecule has 0 radical (unpaired) electrons. The molecule has 0 bridgehead atoms. The average molecular weight is 311 g/mol. The first kappa shape index (κ1) is 14.9. The molecular weight excluding hydrogens is 300 g/mol. The number of halogens is 1. The van der Waals surface area contributed by atoms with Gasteiger partial charge < -0.3 is 20.7 Å². The third-order valence-electron chi connectivity index (χ3n) is 2.53. The molecule has 0 aliphatic heterocycles. The topological polar surface area (TPSA) is 131 Å². The lowest BCUT2D eigenvalue weighted by molar-refractivity contribution is -0.129. The van der Waals surface area contributed by atoms with Crippen molar-refractivity contribution in [1.29, 1.82) is 0 Å². The van der Waals surface area contributed by atoms with E-state index in [9.17, 15) is 14.7 Å². The van der Waals surface area contributed by atoms with Crippen LogP contribution in [0.2, 0.25) is 5.02 Å². The normalized spacial score (nSPS) is 11.9. The molecule has 1 heterocycles. The molecule has 0 unspecified atom stereocenters. The number of benzene rings is 1. The Morgan fingerprint density at radius 3 is 2.62 bits per heavy atom. The number of carbonyl (C=O) groups is 2. The van der Waals surface area contributed by atoms with Gasteiger partial charge in [0.2, 0.25) is 0 Å². The molecule has 110 valence electrons. The zero-order chi connectivity index (χ0) is 15.4. The van der Waals surface area contributed by atoms with Crippen LogP contribution in [0, 0.1) is 0 Å². The molecule has 8 nitrogen and oxygen atoms in total. The molecule has 0 saturated carbocycles. The van der Waals surface area contributed by atoms with E-state index in [4.69, 9.17) is 17.3 Å². The highest BCUT2D eigenvalue weighted by Gasteiger charge is 2.18. The van der Waals surface area contributed by atoms with E-state index in [2.05, 4.69) is 20.0 Å². The van der Waals surface area contributed by atoms with Crippen LogP contribution in [0.15, 0.2) is 28.8 Å². The van der Waals surface area contributed by atoms with Crippen LogP contribution in [0.25, 0.3) is 0 Å². The molecule has 1 atom stereocenters. The summed E-state index contributed by atoms with van der Waals surface area (Å²) >= 11 is 5.72. The van der Waals surface area contributed by atoms with Crippen molar-refractivity contribution in [2.45, 2.75) is 12.6 Å². The van der Waals surface area contributed by atoms with Gasteiger partial charge in [-0.3, -0.25) is 9.59 Å². The molecule has 0 aliphatic rings. The van der Waals surface area contributed by atoms with Gasteiger partial charge in [0, 0.05) is 5.02 Å². The predicted octanol–water partition coefficient (Wildman–Crippen LogP) is 0.172. The Morgan fingerprint density at radius 2 is 2.05 bits per heavy atom. The summed E-state index contributed by atoms with van der Waals surface area (Å²) in [5, 5.41) is 16.2. The lowest BCUT2D eigenvalue weighted by atomic mass is 10.1. The third kappa shape index (κ3) is 3.77. The second-order valence-electron chi connectivity index (χ2n) is 4.05. The van der Waals surface area contributed by atoms with Crippen LogP contribution in [-0.2, 0) is 11.3 Å². The van der Waals surface area contributed by atoms with Gasteiger partial charge in [-0.2, -0.15) is 4.98 Å². The first-order valence-corrected chi connectivity index (χ1v) is 6.19. The number of nitrogens with two attached hydrogens (primary N) is 1. The van der Waals surface area contributed by atoms with Gasteiger partial charge in [-0.1, -0.05) is 28.9 Å². The highest BCUT2D eigenvalue weighted by molar-refractivity contribution is 6.30. The number of aliphatic hydroxyl groups is 1. The molecule has 2 amide bonds. The molecule has 4 N–H and O–H groups in total. The Bertz CT molecular complexity index is 656. The zero-order valence-electron chi connectivity index (χ0n) is 10.6. The van der Waals surface area contributed by atoms with Crippen molar-refractivity contribution < 1.29 is 19.2 Å². The number of nitrogens with one attached hydrogen (secondary N) is 1. The second kappa shape index (κ2) is 6.33. The van der Waals surface area contributed by atoms with E-state index < -0.39 is 17.9 Å². The van der Waals surface area contributed by atoms with Gasteiger partial charge in [0.1, 0.15) is 0 Å². The fraction of sp³-hybridized carbons (Fsp3) is 0.167. The number of carbonyl (C=O) groups excluding carboxylic acids is 2. The molecule has 1 aromatic carbocycles. The maximum absolute atomic E-state index is 11.8. The van der Waals surface area contributed by atoms with E-state index in [1.807, 2.05) is 0 Å². The molecule has 1 aromatic heterocycles. The van der Waals surface area contributed by atoms with E-state index in [1.165, 1.54) is 12.1 Å². The lowest BCUT2D eigenvalue weighted by Gasteiger charge is -2.10. The Kier molecular flexibility index (Phi) is 4.51. The summed E-state index contributed by atoms with van der Waals surface area (Å²) in [6.07, 6.45) is -1.36. The maximum atomic E-state index is 11.8. The van der Waals surface area contributed by atoms with Crippen LogP contribution in [-0.4, -0.2) is 27.1 Å². The molecule has 0 saturated heterocycles. The monoisotopic (exact) mass is 310 g/mol. The van der Waals surface area contributed by atoms with Crippen LogP contribution in [0.5, 0.6) is 0 Å². The van der Waals surface area contributed by atoms with Crippen molar-refractivity contribution in [1.82, 2.24) is 15.5 Å². The molecule has 0 spiro atoms. The smallest absolute Gasteiger partial charge is 0.315 e.